The fourth-order valence-corrected chi connectivity index (χ4v) is 3.86. The third kappa shape index (κ3) is 2.68. The maximum absolute atomic E-state index is 9.71. The molecule has 1 aliphatic carbocycles. The van der Waals surface area contributed by atoms with E-state index >= 15 is 0 Å². The van der Waals surface area contributed by atoms with Gasteiger partial charge in [0.05, 0.1) is 5.02 Å². The van der Waals surface area contributed by atoms with Gasteiger partial charge in [0.15, 0.2) is 0 Å². The zero-order valence-electron chi connectivity index (χ0n) is 12.8. The van der Waals surface area contributed by atoms with Crippen molar-refractivity contribution in [2.45, 2.75) is 44.4 Å². The van der Waals surface area contributed by atoms with Crippen LogP contribution >= 0.6 is 11.6 Å². The first-order valence-corrected chi connectivity index (χ1v) is 8.22. The molecule has 0 aliphatic heterocycles. The summed E-state index contributed by atoms with van der Waals surface area (Å²) in [4.78, 5) is 0. The molecule has 2 aromatic rings. The molecule has 2 N–H and O–H groups in total. The minimum absolute atomic E-state index is 0.0412. The fourth-order valence-electron chi connectivity index (χ4n) is 3.68. The molecule has 0 saturated carbocycles. The smallest absolute Gasteiger partial charge is 0.134 e. The summed E-state index contributed by atoms with van der Waals surface area (Å²) >= 11 is 6.13. The van der Waals surface area contributed by atoms with Gasteiger partial charge in [0, 0.05) is 0 Å². The first kappa shape index (κ1) is 15.2. The van der Waals surface area contributed by atoms with Crippen LogP contribution in [0.4, 0.5) is 0 Å². The van der Waals surface area contributed by atoms with Crippen LogP contribution in [0.15, 0.2) is 36.4 Å². The molecular formula is C19H21ClO2. The van der Waals surface area contributed by atoms with Gasteiger partial charge in [-0.2, -0.15) is 0 Å². The predicted molar refractivity (Wildman–Crippen MR) is 89.8 cm³/mol. The number of phenolic OH excluding ortho intramolecular Hbond substituents is 2. The second kappa shape index (κ2) is 5.85. The Morgan fingerprint density at radius 1 is 1.09 bits per heavy atom. The molecule has 0 fully saturated rings. The van der Waals surface area contributed by atoms with Crippen molar-refractivity contribution in [3.63, 3.8) is 0 Å². The molecule has 2 aromatic carbocycles. The molecular weight excluding hydrogens is 296 g/mol. The number of fused-ring (bicyclic) bond motifs is 1. The van der Waals surface area contributed by atoms with Gasteiger partial charge in [0.2, 0.25) is 0 Å². The number of phenols is 2. The highest BCUT2D eigenvalue weighted by Gasteiger charge is 2.33. The van der Waals surface area contributed by atoms with E-state index in [1.807, 2.05) is 24.3 Å². The Labute approximate surface area is 136 Å². The lowest BCUT2D eigenvalue weighted by atomic mass is 9.71. The summed E-state index contributed by atoms with van der Waals surface area (Å²) in [6.45, 7) is 2.21. The normalized spacial score (nSPS) is 21.2. The zero-order chi connectivity index (χ0) is 15.7. The van der Waals surface area contributed by atoms with Crippen molar-refractivity contribution < 1.29 is 10.2 Å². The first-order valence-electron chi connectivity index (χ1n) is 7.84. The lowest BCUT2D eigenvalue weighted by molar-refractivity contribution is 0.374. The van der Waals surface area contributed by atoms with Crippen molar-refractivity contribution in [3.8, 4) is 11.5 Å². The second-order valence-corrected chi connectivity index (χ2v) is 6.69. The lowest BCUT2D eigenvalue weighted by Gasteiger charge is -2.33. The van der Waals surface area contributed by atoms with Crippen LogP contribution < -0.4 is 0 Å². The third-order valence-electron chi connectivity index (χ3n) is 5.06. The molecule has 1 unspecified atom stereocenters. The number of hydrogen-bond acceptors (Lipinski definition) is 2. The van der Waals surface area contributed by atoms with E-state index in [4.69, 9.17) is 11.6 Å². The van der Waals surface area contributed by atoms with Crippen LogP contribution in [0.5, 0.6) is 11.5 Å². The van der Waals surface area contributed by atoms with E-state index in [0.717, 1.165) is 32.1 Å². The van der Waals surface area contributed by atoms with Crippen molar-refractivity contribution in [1.29, 1.82) is 0 Å². The molecule has 0 aromatic heterocycles. The number of aryl methyl sites for hydroxylation is 1. The molecule has 1 atom stereocenters. The van der Waals surface area contributed by atoms with Gasteiger partial charge in [-0.25, -0.2) is 0 Å². The van der Waals surface area contributed by atoms with Gasteiger partial charge in [-0.3, -0.25) is 0 Å². The van der Waals surface area contributed by atoms with Crippen molar-refractivity contribution in [2.24, 2.45) is 0 Å². The van der Waals surface area contributed by atoms with Gasteiger partial charge in [0.25, 0.3) is 0 Å². The van der Waals surface area contributed by atoms with Crippen LogP contribution in [0.1, 0.15) is 42.9 Å². The first-order chi connectivity index (χ1) is 10.5. The molecule has 3 rings (SSSR count). The molecule has 0 heterocycles. The summed E-state index contributed by atoms with van der Waals surface area (Å²) < 4.78 is 0. The van der Waals surface area contributed by atoms with Gasteiger partial charge in [-0.15, -0.1) is 0 Å². The molecule has 0 bridgehead atoms. The molecule has 116 valence electrons. The van der Waals surface area contributed by atoms with Crippen LogP contribution in [0.3, 0.4) is 0 Å². The number of hydrogen-bond donors (Lipinski definition) is 2. The highest BCUT2D eigenvalue weighted by Crippen LogP contribution is 2.42. The van der Waals surface area contributed by atoms with Crippen LogP contribution in [-0.4, -0.2) is 10.2 Å². The van der Waals surface area contributed by atoms with E-state index in [1.54, 1.807) is 12.1 Å². The summed E-state index contributed by atoms with van der Waals surface area (Å²) in [6, 6.07) is 11.3. The summed E-state index contributed by atoms with van der Waals surface area (Å²) in [7, 11) is 0. The van der Waals surface area contributed by atoms with Gasteiger partial charge in [0.1, 0.15) is 11.5 Å². The van der Waals surface area contributed by atoms with Crippen LogP contribution in [0.2, 0.25) is 5.02 Å². The Morgan fingerprint density at radius 3 is 2.64 bits per heavy atom. The van der Waals surface area contributed by atoms with Crippen LogP contribution in [-0.2, 0) is 18.3 Å². The Kier molecular flexibility index (Phi) is 4.05. The van der Waals surface area contributed by atoms with E-state index in [-0.39, 0.29) is 11.2 Å². The highest BCUT2D eigenvalue weighted by molar-refractivity contribution is 6.32. The largest absolute Gasteiger partial charge is 0.508 e. The topological polar surface area (TPSA) is 40.5 Å². The second-order valence-electron chi connectivity index (χ2n) is 6.28. The molecule has 0 amide bonds. The van der Waals surface area contributed by atoms with Gasteiger partial charge >= 0.3 is 0 Å². The van der Waals surface area contributed by atoms with Crippen molar-refractivity contribution in [1.82, 2.24) is 0 Å². The standard InChI is InChI=1S/C19H21ClO2/c1-2-19(15-6-8-18(22)17(20)11-15)9-3-4-13-10-16(21)7-5-14(13)12-19/h5-8,10-11,21-22H,2-4,9,12H2,1H3. The van der Waals surface area contributed by atoms with E-state index in [2.05, 4.69) is 6.92 Å². The Morgan fingerprint density at radius 2 is 1.91 bits per heavy atom. The van der Waals surface area contributed by atoms with Gasteiger partial charge in [-0.1, -0.05) is 30.7 Å². The molecule has 1 aliphatic rings. The van der Waals surface area contributed by atoms with Crippen molar-refractivity contribution in [3.05, 3.63) is 58.1 Å². The monoisotopic (exact) mass is 316 g/mol. The van der Waals surface area contributed by atoms with Gasteiger partial charge in [-0.05, 0) is 78.5 Å². The lowest BCUT2D eigenvalue weighted by Crippen LogP contribution is -2.27. The minimum atomic E-state index is 0.0412. The fraction of sp³-hybridized carbons (Fsp3) is 0.368. The average Bonchev–Trinajstić information content (AvgIpc) is 2.69. The predicted octanol–water partition coefficient (Wildman–Crippen LogP) is 4.98. The number of benzene rings is 2. The van der Waals surface area contributed by atoms with Crippen LogP contribution in [0, 0.1) is 0 Å². The summed E-state index contributed by atoms with van der Waals surface area (Å²) in [5.74, 6) is 0.478. The average molecular weight is 317 g/mol. The third-order valence-corrected chi connectivity index (χ3v) is 5.36. The maximum atomic E-state index is 9.71. The molecule has 3 heteroatoms. The Bertz CT molecular complexity index is 696. The molecule has 2 nitrogen and oxygen atoms in total. The Hall–Kier alpha value is -1.67. The summed E-state index contributed by atoms with van der Waals surface area (Å²) in [5, 5.41) is 19.8. The minimum Gasteiger partial charge on any atom is -0.508 e. The van der Waals surface area contributed by atoms with E-state index in [9.17, 15) is 10.2 Å². The number of rotatable bonds is 2. The number of halogens is 1. The molecule has 0 spiro atoms. The quantitative estimate of drug-likeness (QED) is 0.767. The zero-order valence-corrected chi connectivity index (χ0v) is 13.5. The van der Waals surface area contributed by atoms with Gasteiger partial charge < -0.3 is 10.2 Å². The summed E-state index contributed by atoms with van der Waals surface area (Å²) in [6.07, 6.45) is 5.13. The summed E-state index contributed by atoms with van der Waals surface area (Å²) in [5.41, 5.74) is 3.79. The van der Waals surface area contributed by atoms with E-state index < -0.39 is 0 Å². The molecule has 0 saturated heterocycles. The van der Waals surface area contributed by atoms with Crippen LogP contribution in [0.25, 0.3) is 0 Å². The number of aromatic hydroxyl groups is 2. The van der Waals surface area contributed by atoms with Crippen molar-refractivity contribution >= 4 is 11.6 Å². The van der Waals surface area contributed by atoms with E-state index in [1.165, 1.54) is 16.7 Å². The van der Waals surface area contributed by atoms with E-state index in [0.29, 0.717) is 10.8 Å². The SMILES string of the molecule is CCC1(c2ccc(O)c(Cl)c2)CCCc2cc(O)ccc2C1. The molecule has 0 radical (unpaired) electrons. The van der Waals surface area contributed by atoms with Crippen molar-refractivity contribution in [2.75, 3.05) is 0 Å². The molecule has 22 heavy (non-hydrogen) atoms. The Balaban J connectivity index is 2.05. The maximum Gasteiger partial charge on any atom is 0.134 e. The highest BCUT2D eigenvalue weighted by atomic mass is 35.5.